The normalized spacial score (nSPS) is 21.5. The molecule has 1 saturated heterocycles. The van der Waals surface area contributed by atoms with Gasteiger partial charge in [0.1, 0.15) is 5.69 Å². The zero-order chi connectivity index (χ0) is 20.0. The molecule has 7 nitrogen and oxygen atoms in total. The van der Waals surface area contributed by atoms with Gasteiger partial charge in [-0.2, -0.15) is 0 Å². The molecule has 28 heavy (non-hydrogen) atoms. The second-order valence-corrected chi connectivity index (χ2v) is 6.94. The molecule has 1 aliphatic rings. The molecule has 0 radical (unpaired) electrons. The summed E-state index contributed by atoms with van der Waals surface area (Å²) < 4.78 is 16.9. The molecule has 2 aromatic rings. The summed E-state index contributed by atoms with van der Waals surface area (Å²) in [6.45, 7) is 2.33. The van der Waals surface area contributed by atoms with Gasteiger partial charge in [0.05, 0.1) is 26.4 Å². The molecule has 2 N–H and O–H groups in total. The van der Waals surface area contributed by atoms with Crippen molar-refractivity contribution in [3.05, 3.63) is 53.7 Å². The van der Waals surface area contributed by atoms with Crippen LogP contribution in [0.3, 0.4) is 0 Å². The minimum Gasteiger partial charge on any atom is -0.480 e. The van der Waals surface area contributed by atoms with Crippen molar-refractivity contribution in [2.24, 2.45) is 0 Å². The van der Waals surface area contributed by atoms with Gasteiger partial charge in [-0.05, 0) is 23.6 Å². The van der Waals surface area contributed by atoms with Crippen LogP contribution in [0, 0.1) is 0 Å². The standard InChI is InChI=1S/C21H26N2O5/c1-15(24)23-19-17(9-11-22-20(19)26-2)12-21(25)10-8-18(28-21)14-27-13-16-6-4-3-5-7-16/h3-7,9,11,18,25H,8,10,12-14H2,1-2H3,(H,23,24)/t18-,21+/m0/s1. The summed E-state index contributed by atoms with van der Waals surface area (Å²) in [5.41, 5.74) is 2.26. The summed E-state index contributed by atoms with van der Waals surface area (Å²) in [7, 11) is 1.48. The Morgan fingerprint density at radius 3 is 2.86 bits per heavy atom. The Morgan fingerprint density at radius 1 is 1.36 bits per heavy atom. The van der Waals surface area contributed by atoms with Crippen molar-refractivity contribution in [3.63, 3.8) is 0 Å². The molecule has 2 heterocycles. The lowest BCUT2D eigenvalue weighted by molar-refractivity contribution is -0.199. The third kappa shape index (κ3) is 5.28. The summed E-state index contributed by atoms with van der Waals surface area (Å²) in [5, 5.41) is 13.6. The van der Waals surface area contributed by atoms with E-state index < -0.39 is 5.79 Å². The first-order valence-corrected chi connectivity index (χ1v) is 9.30. The Kier molecular flexibility index (Phi) is 6.61. The van der Waals surface area contributed by atoms with E-state index in [2.05, 4.69) is 10.3 Å². The highest BCUT2D eigenvalue weighted by molar-refractivity contribution is 5.91. The number of nitrogens with one attached hydrogen (secondary N) is 1. The fourth-order valence-electron chi connectivity index (χ4n) is 3.33. The van der Waals surface area contributed by atoms with Crippen molar-refractivity contribution in [3.8, 4) is 5.88 Å². The van der Waals surface area contributed by atoms with Gasteiger partial charge in [0, 0.05) is 26.0 Å². The summed E-state index contributed by atoms with van der Waals surface area (Å²) in [5.74, 6) is -1.25. The molecule has 1 amide bonds. The van der Waals surface area contributed by atoms with Crippen molar-refractivity contribution >= 4 is 11.6 Å². The zero-order valence-electron chi connectivity index (χ0n) is 16.2. The minimum absolute atomic E-state index is 0.179. The molecule has 1 aromatic carbocycles. The number of aliphatic hydroxyl groups is 1. The maximum Gasteiger partial charge on any atom is 0.237 e. The van der Waals surface area contributed by atoms with Crippen molar-refractivity contribution in [1.82, 2.24) is 4.98 Å². The Labute approximate surface area is 164 Å². The summed E-state index contributed by atoms with van der Waals surface area (Å²) in [6.07, 6.45) is 2.80. The van der Waals surface area contributed by atoms with E-state index in [1.807, 2.05) is 30.3 Å². The van der Waals surface area contributed by atoms with Gasteiger partial charge in [-0.1, -0.05) is 30.3 Å². The van der Waals surface area contributed by atoms with E-state index >= 15 is 0 Å². The number of hydrogen-bond acceptors (Lipinski definition) is 6. The highest BCUT2D eigenvalue weighted by Crippen LogP contribution is 2.35. The first-order chi connectivity index (χ1) is 13.5. The molecule has 0 aliphatic carbocycles. The molecule has 1 aromatic heterocycles. The van der Waals surface area contributed by atoms with Crippen molar-refractivity contribution in [2.45, 2.75) is 44.7 Å². The number of methoxy groups -OCH3 is 1. The van der Waals surface area contributed by atoms with Crippen molar-refractivity contribution in [2.75, 3.05) is 19.0 Å². The fraction of sp³-hybridized carbons (Fsp3) is 0.429. The van der Waals surface area contributed by atoms with Crippen molar-refractivity contribution in [1.29, 1.82) is 0 Å². The Hall–Kier alpha value is -2.48. The Morgan fingerprint density at radius 2 is 2.14 bits per heavy atom. The SMILES string of the molecule is COc1nccc(C[C@@]2(O)CC[C@@H](COCc3ccccc3)O2)c1NC(C)=O. The van der Waals surface area contributed by atoms with Gasteiger partial charge in [-0.3, -0.25) is 4.79 Å². The first kappa shape index (κ1) is 20.3. The maximum atomic E-state index is 11.5. The van der Waals surface area contributed by atoms with Crippen LogP contribution in [0.5, 0.6) is 5.88 Å². The average molecular weight is 386 g/mol. The van der Waals surface area contributed by atoms with Gasteiger partial charge in [0.25, 0.3) is 0 Å². The lowest BCUT2D eigenvalue weighted by atomic mass is 10.0. The largest absolute Gasteiger partial charge is 0.480 e. The lowest BCUT2D eigenvalue weighted by Gasteiger charge is -2.25. The van der Waals surface area contributed by atoms with E-state index in [4.69, 9.17) is 14.2 Å². The smallest absolute Gasteiger partial charge is 0.237 e. The fourth-order valence-corrected chi connectivity index (χ4v) is 3.33. The number of anilines is 1. The number of aromatic nitrogens is 1. The first-order valence-electron chi connectivity index (χ1n) is 9.30. The highest BCUT2D eigenvalue weighted by atomic mass is 16.6. The van der Waals surface area contributed by atoms with Crippen LogP contribution in [-0.4, -0.2) is 41.6 Å². The summed E-state index contributed by atoms with van der Waals surface area (Å²) in [6, 6.07) is 11.7. The molecule has 0 saturated carbocycles. The second-order valence-electron chi connectivity index (χ2n) is 6.94. The number of benzene rings is 1. The molecule has 150 valence electrons. The van der Waals surface area contributed by atoms with Crippen LogP contribution in [0.15, 0.2) is 42.6 Å². The molecule has 1 aliphatic heterocycles. The highest BCUT2D eigenvalue weighted by Gasteiger charge is 2.39. The monoisotopic (exact) mass is 386 g/mol. The number of rotatable bonds is 8. The predicted octanol–water partition coefficient (Wildman–Crippen LogP) is 2.68. The van der Waals surface area contributed by atoms with E-state index in [0.717, 1.165) is 5.56 Å². The maximum absolute atomic E-state index is 11.5. The molecule has 0 bridgehead atoms. The third-order valence-electron chi connectivity index (χ3n) is 4.62. The zero-order valence-corrected chi connectivity index (χ0v) is 16.2. The Bertz CT molecular complexity index is 799. The number of carbonyl (C=O) groups excluding carboxylic acids is 1. The van der Waals surface area contributed by atoms with Crippen LogP contribution in [0.2, 0.25) is 0 Å². The molecule has 2 atom stereocenters. The topological polar surface area (TPSA) is 89.9 Å². The lowest BCUT2D eigenvalue weighted by Crippen LogP contribution is -2.33. The van der Waals surface area contributed by atoms with E-state index in [1.165, 1.54) is 14.0 Å². The molecule has 0 unspecified atom stereocenters. The van der Waals surface area contributed by atoms with Gasteiger partial charge < -0.3 is 24.6 Å². The van der Waals surface area contributed by atoms with E-state index in [1.54, 1.807) is 12.3 Å². The summed E-state index contributed by atoms with van der Waals surface area (Å²) >= 11 is 0. The van der Waals surface area contributed by atoms with Crippen LogP contribution in [0.25, 0.3) is 0 Å². The molecular formula is C21H26N2O5. The van der Waals surface area contributed by atoms with E-state index in [-0.39, 0.29) is 18.4 Å². The minimum atomic E-state index is -1.32. The van der Waals surface area contributed by atoms with E-state index in [9.17, 15) is 9.90 Å². The summed E-state index contributed by atoms with van der Waals surface area (Å²) in [4.78, 5) is 15.6. The third-order valence-corrected chi connectivity index (χ3v) is 4.62. The van der Waals surface area contributed by atoms with E-state index in [0.29, 0.717) is 43.2 Å². The Balaban J connectivity index is 1.60. The number of carbonyl (C=O) groups is 1. The van der Waals surface area contributed by atoms with Crippen molar-refractivity contribution < 1.29 is 24.1 Å². The van der Waals surface area contributed by atoms with Crippen LogP contribution < -0.4 is 10.1 Å². The molecule has 3 rings (SSSR count). The molecular weight excluding hydrogens is 360 g/mol. The quantitative estimate of drug-likeness (QED) is 0.725. The van der Waals surface area contributed by atoms with Crippen LogP contribution in [0.4, 0.5) is 5.69 Å². The number of amides is 1. The van der Waals surface area contributed by atoms with Gasteiger partial charge in [0.15, 0.2) is 5.79 Å². The number of nitrogens with zero attached hydrogens (tertiary/aromatic N) is 1. The molecule has 7 heteroatoms. The van der Waals surface area contributed by atoms with Gasteiger partial charge >= 0.3 is 0 Å². The predicted molar refractivity (Wildman–Crippen MR) is 104 cm³/mol. The molecule has 0 spiro atoms. The van der Waals surface area contributed by atoms with Crippen LogP contribution in [0.1, 0.15) is 30.9 Å². The van der Waals surface area contributed by atoms with Gasteiger partial charge in [-0.25, -0.2) is 4.98 Å². The van der Waals surface area contributed by atoms with Crippen LogP contribution >= 0.6 is 0 Å². The average Bonchev–Trinajstić information content (AvgIpc) is 3.04. The van der Waals surface area contributed by atoms with Crippen LogP contribution in [-0.2, 0) is 27.3 Å². The van der Waals surface area contributed by atoms with Gasteiger partial charge in [-0.15, -0.1) is 0 Å². The number of ether oxygens (including phenoxy) is 3. The molecule has 1 fully saturated rings. The number of pyridine rings is 1. The number of hydrogen-bond donors (Lipinski definition) is 2. The van der Waals surface area contributed by atoms with Gasteiger partial charge in [0.2, 0.25) is 11.8 Å². The second kappa shape index (κ2) is 9.14.